The van der Waals surface area contributed by atoms with Gasteiger partial charge in [0.25, 0.3) is 0 Å². The van der Waals surface area contributed by atoms with E-state index >= 15 is 0 Å². The Balaban J connectivity index is 3.13. The van der Waals surface area contributed by atoms with Gasteiger partial charge in [0.2, 0.25) is 5.91 Å². The van der Waals surface area contributed by atoms with Crippen LogP contribution in [0.15, 0.2) is 16.6 Å². The van der Waals surface area contributed by atoms with Crippen molar-refractivity contribution in [3.8, 4) is 0 Å². The second-order valence-corrected chi connectivity index (χ2v) is 3.75. The SMILES string of the molecule is CC(=O)Nc1c(F)cc(Br)cc1Cl. The molecule has 0 aliphatic heterocycles. The molecule has 1 rings (SSSR count). The van der Waals surface area contributed by atoms with Crippen molar-refractivity contribution < 1.29 is 9.18 Å². The van der Waals surface area contributed by atoms with E-state index in [1.807, 2.05) is 0 Å². The molecule has 0 saturated carbocycles. The summed E-state index contributed by atoms with van der Waals surface area (Å²) in [6.45, 7) is 1.29. The second kappa shape index (κ2) is 4.07. The molecule has 0 aliphatic rings. The van der Waals surface area contributed by atoms with Crippen molar-refractivity contribution in [2.45, 2.75) is 6.92 Å². The first-order valence-electron chi connectivity index (χ1n) is 3.43. The standard InChI is InChI=1S/C8H6BrClFNO/c1-4(13)12-8-6(10)2-5(9)3-7(8)11/h2-3H,1H3,(H,12,13). The van der Waals surface area contributed by atoms with Gasteiger partial charge < -0.3 is 5.32 Å². The summed E-state index contributed by atoms with van der Waals surface area (Å²) in [5, 5.41) is 2.47. The first kappa shape index (κ1) is 10.5. The topological polar surface area (TPSA) is 29.1 Å². The summed E-state index contributed by atoms with van der Waals surface area (Å²) in [7, 11) is 0. The molecule has 0 spiro atoms. The Labute approximate surface area is 88.2 Å². The fourth-order valence-corrected chi connectivity index (χ4v) is 1.65. The molecule has 0 bridgehead atoms. The quantitative estimate of drug-likeness (QED) is 0.831. The van der Waals surface area contributed by atoms with Crippen LogP contribution in [-0.2, 0) is 4.79 Å². The van der Waals surface area contributed by atoms with Crippen LogP contribution in [0, 0.1) is 5.82 Å². The van der Waals surface area contributed by atoms with Crippen molar-refractivity contribution in [2.75, 3.05) is 5.32 Å². The molecule has 0 aliphatic carbocycles. The number of benzene rings is 1. The van der Waals surface area contributed by atoms with Crippen LogP contribution in [0.5, 0.6) is 0 Å². The lowest BCUT2D eigenvalue weighted by atomic mass is 10.3. The molecule has 1 aromatic rings. The molecule has 13 heavy (non-hydrogen) atoms. The van der Waals surface area contributed by atoms with E-state index < -0.39 is 5.82 Å². The van der Waals surface area contributed by atoms with Crippen molar-refractivity contribution in [1.29, 1.82) is 0 Å². The number of carbonyl (C=O) groups is 1. The monoisotopic (exact) mass is 265 g/mol. The molecule has 0 unspecified atom stereocenters. The maximum absolute atomic E-state index is 13.1. The van der Waals surface area contributed by atoms with Crippen LogP contribution in [-0.4, -0.2) is 5.91 Å². The Morgan fingerprint density at radius 3 is 2.69 bits per heavy atom. The molecule has 0 atom stereocenters. The minimum Gasteiger partial charge on any atom is -0.323 e. The van der Waals surface area contributed by atoms with E-state index in [0.717, 1.165) is 0 Å². The molecule has 0 heterocycles. The molecule has 0 fully saturated rings. The summed E-state index contributed by atoms with van der Waals surface area (Å²) in [6.07, 6.45) is 0. The van der Waals surface area contributed by atoms with Crippen LogP contribution in [0.4, 0.5) is 10.1 Å². The van der Waals surface area contributed by atoms with Gasteiger partial charge in [0.1, 0.15) is 5.82 Å². The average molecular weight is 266 g/mol. The smallest absolute Gasteiger partial charge is 0.221 e. The molecule has 0 aromatic heterocycles. The number of amides is 1. The Bertz CT molecular complexity index is 333. The molecule has 70 valence electrons. The molecule has 0 saturated heterocycles. The van der Waals surface area contributed by atoms with Crippen molar-refractivity contribution in [3.05, 3.63) is 27.4 Å². The van der Waals surface area contributed by atoms with Gasteiger partial charge in [-0.2, -0.15) is 0 Å². The van der Waals surface area contributed by atoms with Crippen LogP contribution >= 0.6 is 27.5 Å². The van der Waals surface area contributed by atoms with Crippen LogP contribution < -0.4 is 5.32 Å². The van der Waals surface area contributed by atoms with E-state index in [4.69, 9.17) is 11.6 Å². The van der Waals surface area contributed by atoms with Crippen LogP contribution in [0.25, 0.3) is 0 Å². The van der Waals surface area contributed by atoms with Gasteiger partial charge in [-0.15, -0.1) is 0 Å². The van der Waals surface area contributed by atoms with E-state index in [-0.39, 0.29) is 16.6 Å². The van der Waals surface area contributed by atoms with Gasteiger partial charge in [-0.3, -0.25) is 4.79 Å². The van der Waals surface area contributed by atoms with Crippen LogP contribution in [0.3, 0.4) is 0 Å². The van der Waals surface area contributed by atoms with Crippen molar-refractivity contribution in [1.82, 2.24) is 0 Å². The number of nitrogens with one attached hydrogen (secondary N) is 1. The first-order valence-corrected chi connectivity index (χ1v) is 4.60. The van der Waals surface area contributed by atoms with E-state index in [2.05, 4.69) is 21.2 Å². The van der Waals surface area contributed by atoms with Gasteiger partial charge in [0, 0.05) is 11.4 Å². The largest absolute Gasteiger partial charge is 0.323 e. The summed E-state index contributed by atoms with van der Waals surface area (Å²) in [6, 6.07) is 2.74. The molecular formula is C8H6BrClFNO. The van der Waals surface area contributed by atoms with E-state index in [1.165, 1.54) is 19.1 Å². The third-order valence-electron chi connectivity index (χ3n) is 1.31. The Hall–Kier alpha value is -0.610. The highest BCUT2D eigenvalue weighted by Gasteiger charge is 2.09. The molecular weight excluding hydrogens is 260 g/mol. The van der Waals surface area contributed by atoms with Gasteiger partial charge in [-0.1, -0.05) is 27.5 Å². The zero-order valence-electron chi connectivity index (χ0n) is 6.70. The van der Waals surface area contributed by atoms with Crippen molar-refractivity contribution in [2.24, 2.45) is 0 Å². The molecule has 2 nitrogen and oxygen atoms in total. The van der Waals surface area contributed by atoms with Crippen molar-refractivity contribution in [3.63, 3.8) is 0 Å². The number of hydrogen-bond acceptors (Lipinski definition) is 1. The molecule has 1 N–H and O–H groups in total. The van der Waals surface area contributed by atoms with E-state index in [0.29, 0.717) is 4.47 Å². The normalized spacial score (nSPS) is 9.85. The lowest BCUT2D eigenvalue weighted by molar-refractivity contribution is -0.114. The highest BCUT2D eigenvalue weighted by molar-refractivity contribution is 9.10. The zero-order chi connectivity index (χ0) is 10.0. The first-order chi connectivity index (χ1) is 6.00. The maximum atomic E-state index is 13.1. The predicted molar refractivity (Wildman–Crippen MR) is 53.4 cm³/mol. The van der Waals surface area contributed by atoms with Crippen LogP contribution in [0.1, 0.15) is 6.92 Å². The van der Waals surface area contributed by atoms with Gasteiger partial charge in [0.05, 0.1) is 10.7 Å². The van der Waals surface area contributed by atoms with Gasteiger partial charge in [-0.05, 0) is 12.1 Å². The lowest BCUT2D eigenvalue weighted by Crippen LogP contribution is -2.08. The highest BCUT2D eigenvalue weighted by atomic mass is 79.9. The van der Waals surface area contributed by atoms with Gasteiger partial charge in [0.15, 0.2) is 0 Å². The Morgan fingerprint density at radius 1 is 1.62 bits per heavy atom. The van der Waals surface area contributed by atoms with Gasteiger partial charge >= 0.3 is 0 Å². The number of hydrogen-bond donors (Lipinski definition) is 1. The fraction of sp³-hybridized carbons (Fsp3) is 0.125. The number of rotatable bonds is 1. The fourth-order valence-electron chi connectivity index (χ4n) is 0.838. The maximum Gasteiger partial charge on any atom is 0.221 e. The Kier molecular flexibility index (Phi) is 3.27. The number of carbonyl (C=O) groups excluding carboxylic acids is 1. The zero-order valence-corrected chi connectivity index (χ0v) is 9.04. The Morgan fingerprint density at radius 2 is 2.23 bits per heavy atom. The highest BCUT2D eigenvalue weighted by Crippen LogP contribution is 2.28. The number of anilines is 1. The summed E-state index contributed by atoms with van der Waals surface area (Å²) >= 11 is 8.77. The van der Waals surface area contributed by atoms with Crippen LogP contribution in [0.2, 0.25) is 5.02 Å². The predicted octanol–water partition coefficient (Wildman–Crippen LogP) is 3.20. The van der Waals surface area contributed by atoms with E-state index in [1.54, 1.807) is 0 Å². The van der Waals surface area contributed by atoms with Gasteiger partial charge in [-0.25, -0.2) is 4.39 Å². The van der Waals surface area contributed by atoms with Crippen molar-refractivity contribution >= 4 is 39.1 Å². The summed E-state index contributed by atoms with van der Waals surface area (Å²) in [4.78, 5) is 10.7. The minimum atomic E-state index is -0.561. The summed E-state index contributed by atoms with van der Waals surface area (Å²) in [5.41, 5.74) is 0.0115. The third kappa shape index (κ3) is 2.67. The molecule has 1 aromatic carbocycles. The third-order valence-corrected chi connectivity index (χ3v) is 2.06. The second-order valence-electron chi connectivity index (χ2n) is 2.43. The molecule has 1 amide bonds. The molecule has 5 heteroatoms. The molecule has 0 radical (unpaired) electrons. The lowest BCUT2D eigenvalue weighted by Gasteiger charge is -2.06. The summed E-state index contributed by atoms with van der Waals surface area (Å²) in [5.74, 6) is -0.919. The number of halogens is 3. The minimum absolute atomic E-state index is 0.0115. The van der Waals surface area contributed by atoms with E-state index in [9.17, 15) is 9.18 Å². The average Bonchev–Trinajstić information content (AvgIpc) is 1.96. The summed E-state index contributed by atoms with van der Waals surface area (Å²) < 4.78 is 13.7.